The van der Waals surface area contributed by atoms with Crippen LogP contribution in [0.15, 0.2) is 30.5 Å². The first-order chi connectivity index (χ1) is 12.9. The van der Waals surface area contributed by atoms with Crippen molar-refractivity contribution in [3.63, 3.8) is 0 Å². The summed E-state index contributed by atoms with van der Waals surface area (Å²) in [4.78, 5) is 40.0. The van der Waals surface area contributed by atoms with Gasteiger partial charge >= 0.3 is 5.97 Å². The minimum absolute atomic E-state index is 0.0370. The van der Waals surface area contributed by atoms with Crippen LogP contribution in [0, 0.1) is 0 Å². The highest BCUT2D eigenvalue weighted by Crippen LogP contribution is 2.33. The number of amides is 1. The lowest BCUT2D eigenvalue weighted by atomic mass is 10.1. The predicted molar refractivity (Wildman–Crippen MR) is 97.7 cm³/mol. The SMILES string of the molecule is COc1ccc(C=O)c(C(=O)O[C@@H](C)C(=O)Nc2cccnc2Cl)c1OC. The van der Waals surface area contributed by atoms with E-state index in [0.717, 1.165) is 0 Å². The number of rotatable bonds is 7. The molecule has 2 rings (SSSR count). The van der Waals surface area contributed by atoms with Gasteiger partial charge in [0.2, 0.25) is 0 Å². The highest BCUT2D eigenvalue weighted by Gasteiger charge is 2.26. The second kappa shape index (κ2) is 9.00. The molecule has 1 atom stereocenters. The average molecular weight is 393 g/mol. The van der Waals surface area contributed by atoms with Crippen LogP contribution in [0.4, 0.5) is 5.69 Å². The van der Waals surface area contributed by atoms with Gasteiger partial charge in [0.1, 0.15) is 5.56 Å². The summed E-state index contributed by atoms with van der Waals surface area (Å²) in [7, 11) is 2.71. The van der Waals surface area contributed by atoms with Gasteiger partial charge in [0.05, 0.1) is 19.9 Å². The summed E-state index contributed by atoms with van der Waals surface area (Å²) in [5.74, 6) is -1.25. The van der Waals surface area contributed by atoms with Crippen molar-refractivity contribution in [3.05, 3.63) is 46.7 Å². The Hall–Kier alpha value is -3.13. The van der Waals surface area contributed by atoms with Gasteiger partial charge in [0, 0.05) is 11.8 Å². The van der Waals surface area contributed by atoms with Crippen molar-refractivity contribution in [1.82, 2.24) is 4.98 Å². The molecule has 1 amide bonds. The minimum Gasteiger partial charge on any atom is -0.493 e. The molecule has 9 heteroatoms. The number of aldehydes is 1. The van der Waals surface area contributed by atoms with E-state index in [1.807, 2.05) is 0 Å². The van der Waals surface area contributed by atoms with Crippen molar-refractivity contribution in [2.24, 2.45) is 0 Å². The molecule has 0 saturated carbocycles. The van der Waals surface area contributed by atoms with E-state index >= 15 is 0 Å². The standard InChI is InChI=1S/C18H17ClN2O6/c1-10(17(23)21-12-5-4-8-20-16(12)19)27-18(24)14-11(9-22)6-7-13(25-2)15(14)26-3/h4-10H,1-3H3,(H,21,23)/t10-/m0/s1. The molecule has 0 radical (unpaired) electrons. The molecule has 0 bridgehead atoms. The summed E-state index contributed by atoms with van der Waals surface area (Å²) in [6.07, 6.45) is 0.778. The van der Waals surface area contributed by atoms with E-state index in [1.54, 1.807) is 12.1 Å². The van der Waals surface area contributed by atoms with Gasteiger partial charge in [0.15, 0.2) is 29.0 Å². The Balaban J connectivity index is 2.22. The number of benzene rings is 1. The number of pyridine rings is 1. The van der Waals surface area contributed by atoms with Gasteiger partial charge in [-0.05, 0) is 31.2 Å². The fraction of sp³-hybridized carbons (Fsp3) is 0.222. The molecule has 0 aliphatic rings. The maximum absolute atomic E-state index is 12.6. The number of anilines is 1. The third kappa shape index (κ3) is 4.53. The van der Waals surface area contributed by atoms with Gasteiger partial charge in [-0.2, -0.15) is 0 Å². The van der Waals surface area contributed by atoms with Crippen molar-refractivity contribution in [2.45, 2.75) is 13.0 Å². The monoisotopic (exact) mass is 392 g/mol. The van der Waals surface area contributed by atoms with Crippen molar-refractivity contribution in [2.75, 3.05) is 19.5 Å². The molecule has 1 aromatic carbocycles. The Kier molecular flexibility index (Phi) is 6.73. The fourth-order valence-corrected chi connectivity index (χ4v) is 2.40. The van der Waals surface area contributed by atoms with Gasteiger partial charge in [-0.25, -0.2) is 9.78 Å². The molecular formula is C18H17ClN2O6. The first-order valence-corrected chi connectivity index (χ1v) is 8.13. The number of nitrogens with one attached hydrogen (secondary N) is 1. The molecule has 0 fully saturated rings. The number of methoxy groups -OCH3 is 2. The number of aromatic nitrogens is 1. The topological polar surface area (TPSA) is 104 Å². The molecule has 0 aliphatic heterocycles. The normalized spacial score (nSPS) is 11.3. The number of hydrogen-bond acceptors (Lipinski definition) is 7. The van der Waals surface area contributed by atoms with E-state index in [0.29, 0.717) is 6.29 Å². The predicted octanol–water partition coefficient (Wildman–Crippen LogP) is 2.75. The molecule has 2 aromatic rings. The average Bonchev–Trinajstić information content (AvgIpc) is 2.68. The van der Waals surface area contributed by atoms with Crippen LogP contribution in [-0.4, -0.2) is 43.5 Å². The quantitative estimate of drug-likeness (QED) is 0.439. The Morgan fingerprint density at radius 2 is 1.96 bits per heavy atom. The zero-order valence-corrected chi connectivity index (χ0v) is 15.6. The van der Waals surface area contributed by atoms with Crippen molar-refractivity contribution >= 4 is 35.5 Å². The van der Waals surface area contributed by atoms with Gasteiger partial charge in [-0.3, -0.25) is 9.59 Å². The number of hydrogen-bond donors (Lipinski definition) is 1. The van der Waals surface area contributed by atoms with Gasteiger partial charge < -0.3 is 19.5 Å². The molecule has 142 valence electrons. The van der Waals surface area contributed by atoms with E-state index < -0.39 is 18.0 Å². The van der Waals surface area contributed by atoms with Crippen LogP contribution in [0.1, 0.15) is 27.6 Å². The molecule has 0 saturated heterocycles. The summed E-state index contributed by atoms with van der Waals surface area (Å²) in [5, 5.41) is 2.61. The lowest BCUT2D eigenvalue weighted by Gasteiger charge is -2.17. The van der Waals surface area contributed by atoms with Crippen LogP contribution in [-0.2, 0) is 9.53 Å². The molecule has 0 spiro atoms. The lowest BCUT2D eigenvalue weighted by Crippen LogP contribution is -2.30. The number of carbonyl (C=O) groups excluding carboxylic acids is 3. The molecule has 0 aliphatic carbocycles. The third-order valence-electron chi connectivity index (χ3n) is 3.58. The van der Waals surface area contributed by atoms with E-state index in [9.17, 15) is 14.4 Å². The lowest BCUT2D eigenvalue weighted by molar-refractivity contribution is -0.123. The van der Waals surface area contributed by atoms with E-state index in [2.05, 4.69) is 10.3 Å². The zero-order chi connectivity index (χ0) is 20.0. The van der Waals surface area contributed by atoms with E-state index in [4.69, 9.17) is 25.8 Å². The molecule has 0 unspecified atom stereocenters. The van der Waals surface area contributed by atoms with Crippen molar-refractivity contribution < 1.29 is 28.6 Å². The second-order valence-corrected chi connectivity index (χ2v) is 5.62. The maximum Gasteiger partial charge on any atom is 0.343 e. The van der Waals surface area contributed by atoms with Crippen molar-refractivity contribution in [3.8, 4) is 11.5 Å². The third-order valence-corrected chi connectivity index (χ3v) is 3.88. The maximum atomic E-state index is 12.6. The minimum atomic E-state index is -1.18. The van der Waals surface area contributed by atoms with Gasteiger partial charge in [0.25, 0.3) is 5.91 Å². The highest BCUT2D eigenvalue weighted by atomic mass is 35.5. The second-order valence-electron chi connectivity index (χ2n) is 5.26. The summed E-state index contributed by atoms with van der Waals surface area (Å²) >= 11 is 5.88. The molecule has 1 heterocycles. The van der Waals surface area contributed by atoms with E-state index in [1.165, 1.54) is 39.5 Å². The first-order valence-electron chi connectivity index (χ1n) is 7.75. The first kappa shape index (κ1) is 20.2. The number of carbonyl (C=O) groups is 3. The van der Waals surface area contributed by atoms with Crippen LogP contribution in [0.25, 0.3) is 0 Å². The molecule has 8 nitrogen and oxygen atoms in total. The Labute approximate surface area is 160 Å². The summed E-state index contributed by atoms with van der Waals surface area (Å²) in [6, 6.07) is 6.03. The zero-order valence-electron chi connectivity index (χ0n) is 14.8. The molecule has 1 aromatic heterocycles. The number of halogens is 1. The molecule has 1 N–H and O–H groups in total. The summed E-state index contributed by atoms with van der Waals surface area (Å²) in [5.41, 5.74) is 0.186. The van der Waals surface area contributed by atoms with Gasteiger partial charge in [-0.15, -0.1) is 0 Å². The number of ether oxygens (including phenoxy) is 3. The fourth-order valence-electron chi connectivity index (χ4n) is 2.24. The van der Waals surface area contributed by atoms with Gasteiger partial charge in [-0.1, -0.05) is 11.6 Å². The van der Waals surface area contributed by atoms with Crippen LogP contribution in [0.3, 0.4) is 0 Å². The largest absolute Gasteiger partial charge is 0.493 e. The Bertz CT molecular complexity index is 871. The number of nitrogens with zero attached hydrogens (tertiary/aromatic N) is 1. The van der Waals surface area contributed by atoms with E-state index in [-0.39, 0.29) is 33.5 Å². The highest BCUT2D eigenvalue weighted by molar-refractivity contribution is 6.32. The summed E-state index contributed by atoms with van der Waals surface area (Å²) < 4.78 is 15.5. The van der Waals surface area contributed by atoms with Crippen LogP contribution in [0.2, 0.25) is 5.15 Å². The molecule has 27 heavy (non-hydrogen) atoms. The van der Waals surface area contributed by atoms with Crippen LogP contribution < -0.4 is 14.8 Å². The van der Waals surface area contributed by atoms with Crippen LogP contribution >= 0.6 is 11.6 Å². The van der Waals surface area contributed by atoms with Crippen molar-refractivity contribution in [1.29, 1.82) is 0 Å². The van der Waals surface area contributed by atoms with Crippen LogP contribution in [0.5, 0.6) is 11.5 Å². The summed E-state index contributed by atoms with van der Waals surface area (Å²) in [6.45, 7) is 1.38. The number of esters is 1. The Morgan fingerprint density at radius 3 is 2.56 bits per heavy atom. The molecular weight excluding hydrogens is 376 g/mol. The smallest absolute Gasteiger partial charge is 0.343 e. The Morgan fingerprint density at radius 1 is 1.22 bits per heavy atom.